The third-order valence-electron chi connectivity index (χ3n) is 4.44. The van der Waals surface area contributed by atoms with E-state index in [0.717, 1.165) is 16.8 Å². The standard InChI is InChI=1S/C21H19ClN6S/c1-14(17-9-8-16-4-2-3-5-18(16)12-17)24-25-20-26-27-21(28(20)23)29-13-15-6-10-19(22)11-7-15/h2-12H,13,23H2,1H3,(H,25,26)/b24-14+. The van der Waals surface area contributed by atoms with Gasteiger partial charge in [0.1, 0.15) is 0 Å². The molecule has 4 aromatic rings. The molecule has 0 unspecified atom stereocenters. The van der Waals surface area contributed by atoms with Crippen LogP contribution in [0.5, 0.6) is 0 Å². The van der Waals surface area contributed by atoms with Crippen LogP contribution < -0.4 is 11.3 Å². The molecule has 0 fully saturated rings. The smallest absolute Gasteiger partial charge is 0.264 e. The molecule has 0 radical (unpaired) electrons. The lowest BCUT2D eigenvalue weighted by Gasteiger charge is -2.06. The number of anilines is 1. The molecule has 1 heterocycles. The molecule has 3 N–H and O–H groups in total. The summed E-state index contributed by atoms with van der Waals surface area (Å²) in [4.78, 5) is 0. The minimum Gasteiger partial charge on any atom is -0.334 e. The Bertz CT molecular complexity index is 1170. The highest BCUT2D eigenvalue weighted by molar-refractivity contribution is 7.98. The number of nitrogens with two attached hydrogens (primary N) is 1. The highest BCUT2D eigenvalue weighted by atomic mass is 35.5. The Kier molecular flexibility index (Phi) is 5.69. The Hall–Kier alpha value is -3.03. The van der Waals surface area contributed by atoms with Crippen LogP contribution in [-0.2, 0) is 5.75 Å². The van der Waals surface area contributed by atoms with E-state index in [0.29, 0.717) is 21.9 Å². The molecule has 4 rings (SSSR count). The molecule has 0 bridgehead atoms. The van der Waals surface area contributed by atoms with Crippen LogP contribution >= 0.6 is 23.4 Å². The largest absolute Gasteiger partial charge is 0.334 e. The molecule has 0 aliphatic carbocycles. The van der Waals surface area contributed by atoms with Gasteiger partial charge >= 0.3 is 0 Å². The number of thioether (sulfide) groups is 1. The van der Waals surface area contributed by atoms with Gasteiger partial charge in [-0.1, -0.05) is 71.9 Å². The van der Waals surface area contributed by atoms with E-state index in [4.69, 9.17) is 17.4 Å². The second-order valence-electron chi connectivity index (χ2n) is 6.46. The number of nitrogen functional groups attached to an aromatic ring is 1. The average molecular weight is 423 g/mol. The zero-order valence-electron chi connectivity index (χ0n) is 15.7. The lowest BCUT2D eigenvalue weighted by molar-refractivity contribution is 0.846. The predicted molar refractivity (Wildman–Crippen MR) is 121 cm³/mol. The number of hydrogen-bond donors (Lipinski definition) is 2. The van der Waals surface area contributed by atoms with Crippen molar-refractivity contribution in [3.8, 4) is 0 Å². The van der Waals surface area contributed by atoms with Gasteiger partial charge < -0.3 is 5.84 Å². The summed E-state index contributed by atoms with van der Waals surface area (Å²) in [5.41, 5.74) is 5.89. The summed E-state index contributed by atoms with van der Waals surface area (Å²) >= 11 is 7.41. The van der Waals surface area contributed by atoms with Gasteiger partial charge in [0.25, 0.3) is 5.95 Å². The zero-order chi connectivity index (χ0) is 20.2. The Balaban J connectivity index is 1.44. The van der Waals surface area contributed by atoms with Gasteiger partial charge in [-0.15, -0.1) is 10.2 Å². The molecule has 0 amide bonds. The fraction of sp³-hybridized carbons (Fsp3) is 0.0952. The lowest BCUT2D eigenvalue weighted by atomic mass is 10.0. The van der Waals surface area contributed by atoms with Crippen LogP contribution in [-0.4, -0.2) is 20.6 Å². The van der Waals surface area contributed by atoms with Gasteiger partial charge in [0.05, 0.1) is 5.71 Å². The van der Waals surface area contributed by atoms with Gasteiger partial charge in [-0.2, -0.15) is 5.10 Å². The number of nitrogens with zero attached hydrogens (tertiary/aromatic N) is 4. The molecule has 0 aliphatic heterocycles. The zero-order valence-corrected chi connectivity index (χ0v) is 17.3. The molecular weight excluding hydrogens is 404 g/mol. The molecule has 6 nitrogen and oxygen atoms in total. The molecule has 29 heavy (non-hydrogen) atoms. The Morgan fingerprint density at radius 2 is 1.83 bits per heavy atom. The number of hydrazone groups is 1. The first-order valence-electron chi connectivity index (χ1n) is 8.97. The first kappa shape index (κ1) is 19.3. The van der Waals surface area contributed by atoms with Crippen molar-refractivity contribution in [3.63, 3.8) is 0 Å². The summed E-state index contributed by atoms with van der Waals surface area (Å²) in [6, 6.07) is 22.1. The van der Waals surface area contributed by atoms with Crippen molar-refractivity contribution < 1.29 is 0 Å². The molecule has 0 spiro atoms. The van der Waals surface area contributed by atoms with Gasteiger partial charge in [-0.05, 0) is 47.0 Å². The summed E-state index contributed by atoms with van der Waals surface area (Å²) in [7, 11) is 0. The topological polar surface area (TPSA) is 81.1 Å². The van der Waals surface area contributed by atoms with Crippen LogP contribution in [0.1, 0.15) is 18.1 Å². The van der Waals surface area contributed by atoms with Crippen LogP contribution in [0.4, 0.5) is 5.95 Å². The summed E-state index contributed by atoms with van der Waals surface area (Å²) < 4.78 is 1.40. The van der Waals surface area contributed by atoms with Gasteiger partial charge in [0, 0.05) is 10.8 Å². The number of nitrogens with one attached hydrogen (secondary N) is 1. The molecule has 0 saturated carbocycles. The van der Waals surface area contributed by atoms with E-state index >= 15 is 0 Å². The molecular formula is C21H19ClN6S. The van der Waals surface area contributed by atoms with Crippen LogP contribution in [0, 0.1) is 0 Å². The maximum Gasteiger partial charge on any atom is 0.264 e. The van der Waals surface area contributed by atoms with E-state index < -0.39 is 0 Å². The summed E-state index contributed by atoms with van der Waals surface area (Å²) in [5, 5.41) is 16.3. The van der Waals surface area contributed by atoms with E-state index in [1.807, 2.05) is 49.4 Å². The Morgan fingerprint density at radius 3 is 2.62 bits per heavy atom. The minimum absolute atomic E-state index is 0.378. The second-order valence-corrected chi connectivity index (χ2v) is 7.84. The van der Waals surface area contributed by atoms with Crippen molar-refractivity contribution in [1.82, 2.24) is 14.9 Å². The number of benzene rings is 3. The fourth-order valence-electron chi connectivity index (χ4n) is 2.79. The van der Waals surface area contributed by atoms with Crippen molar-refractivity contribution in [1.29, 1.82) is 0 Å². The first-order chi connectivity index (χ1) is 14.1. The predicted octanol–water partition coefficient (Wildman–Crippen LogP) is 4.93. The van der Waals surface area contributed by atoms with Crippen molar-refractivity contribution >= 4 is 45.8 Å². The van der Waals surface area contributed by atoms with Crippen LogP contribution in [0.25, 0.3) is 10.8 Å². The molecule has 0 saturated heterocycles. The van der Waals surface area contributed by atoms with Gasteiger partial charge in [0.15, 0.2) is 0 Å². The molecule has 3 aromatic carbocycles. The number of fused-ring (bicyclic) bond motifs is 1. The molecule has 1 aromatic heterocycles. The van der Waals surface area contributed by atoms with Crippen LogP contribution in [0.15, 0.2) is 77.0 Å². The van der Waals surface area contributed by atoms with Gasteiger partial charge in [0.2, 0.25) is 5.16 Å². The van der Waals surface area contributed by atoms with Gasteiger partial charge in [-0.25, -0.2) is 10.1 Å². The van der Waals surface area contributed by atoms with E-state index in [9.17, 15) is 0 Å². The van der Waals surface area contributed by atoms with E-state index in [1.165, 1.54) is 27.2 Å². The monoisotopic (exact) mass is 422 g/mol. The lowest BCUT2D eigenvalue weighted by Crippen LogP contribution is -2.13. The Labute approximate surface area is 177 Å². The molecule has 0 atom stereocenters. The summed E-state index contributed by atoms with van der Waals surface area (Å²) in [6.07, 6.45) is 0. The minimum atomic E-state index is 0.378. The Morgan fingerprint density at radius 1 is 1.07 bits per heavy atom. The highest BCUT2D eigenvalue weighted by Crippen LogP contribution is 2.23. The van der Waals surface area contributed by atoms with Crippen molar-refractivity contribution in [2.45, 2.75) is 17.8 Å². The van der Waals surface area contributed by atoms with E-state index in [-0.39, 0.29) is 0 Å². The number of hydrogen-bond acceptors (Lipinski definition) is 6. The second kappa shape index (κ2) is 8.55. The fourth-order valence-corrected chi connectivity index (χ4v) is 3.73. The van der Waals surface area contributed by atoms with Crippen molar-refractivity contribution in [2.75, 3.05) is 11.3 Å². The number of halogens is 1. The van der Waals surface area contributed by atoms with Crippen LogP contribution in [0.2, 0.25) is 5.02 Å². The number of rotatable bonds is 6. The average Bonchev–Trinajstić information content (AvgIpc) is 3.10. The van der Waals surface area contributed by atoms with E-state index in [1.54, 1.807) is 0 Å². The third kappa shape index (κ3) is 4.52. The van der Waals surface area contributed by atoms with Crippen molar-refractivity contribution in [3.05, 3.63) is 82.9 Å². The maximum absolute atomic E-state index is 6.11. The summed E-state index contributed by atoms with van der Waals surface area (Å²) in [6.45, 7) is 1.94. The quantitative estimate of drug-likeness (QED) is 0.199. The number of aromatic nitrogens is 3. The SMILES string of the molecule is C/C(=N\Nc1nnc(SCc2ccc(Cl)cc2)n1N)c1ccc2ccccc2c1. The van der Waals surface area contributed by atoms with E-state index in [2.05, 4.69) is 45.0 Å². The van der Waals surface area contributed by atoms with Crippen molar-refractivity contribution in [2.24, 2.45) is 5.10 Å². The first-order valence-corrected chi connectivity index (χ1v) is 10.3. The van der Waals surface area contributed by atoms with Gasteiger partial charge in [-0.3, -0.25) is 0 Å². The molecule has 0 aliphatic rings. The van der Waals surface area contributed by atoms with Crippen LogP contribution in [0.3, 0.4) is 0 Å². The normalized spacial score (nSPS) is 11.7. The highest BCUT2D eigenvalue weighted by Gasteiger charge is 2.10. The molecule has 8 heteroatoms. The summed E-state index contributed by atoms with van der Waals surface area (Å²) in [5.74, 6) is 7.20. The third-order valence-corrected chi connectivity index (χ3v) is 5.70. The maximum atomic E-state index is 6.11. The molecule has 146 valence electrons.